The molecule has 0 aromatic heterocycles. The monoisotopic (exact) mass is 408 g/mol. The normalized spacial score (nSPS) is 43.8. The Morgan fingerprint density at radius 1 is 1.03 bits per heavy atom. The van der Waals surface area contributed by atoms with E-state index in [-0.39, 0.29) is 13.0 Å². The number of fused-ring (bicyclic) bond motifs is 2. The molecule has 2 saturated heterocycles. The molecule has 0 aromatic carbocycles. The lowest BCUT2D eigenvalue weighted by molar-refractivity contribution is -0.399. The summed E-state index contributed by atoms with van der Waals surface area (Å²) >= 11 is 0. The van der Waals surface area contributed by atoms with Crippen LogP contribution in [0.15, 0.2) is 11.6 Å². The van der Waals surface area contributed by atoms with Crippen molar-refractivity contribution in [3.05, 3.63) is 11.6 Å². The zero-order valence-corrected chi connectivity index (χ0v) is 17.7. The van der Waals surface area contributed by atoms with Gasteiger partial charge >= 0.3 is 29.5 Å². The third-order valence-corrected chi connectivity index (χ3v) is 7.50. The first-order valence-electron chi connectivity index (χ1n) is 9.95. The van der Waals surface area contributed by atoms with Crippen molar-refractivity contribution in [3.63, 3.8) is 0 Å². The molecule has 2 heterocycles. The maximum absolute atomic E-state index is 12.2. The van der Waals surface area contributed by atoms with E-state index in [2.05, 4.69) is 6.92 Å². The molecule has 0 unspecified atom stereocenters. The Morgan fingerprint density at radius 3 is 2.07 bits per heavy atom. The van der Waals surface area contributed by atoms with Crippen LogP contribution in [-0.2, 0) is 38.1 Å². The number of esters is 3. The third kappa shape index (κ3) is 2.30. The third-order valence-electron chi connectivity index (χ3n) is 7.50. The molecule has 5 atom stereocenters. The number of epoxide rings is 1. The van der Waals surface area contributed by atoms with E-state index in [0.29, 0.717) is 0 Å². The van der Waals surface area contributed by atoms with Crippen LogP contribution in [0.1, 0.15) is 60.8 Å². The van der Waals surface area contributed by atoms with Crippen molar-refractivity contribution in [2.75, 3.05) is 6.61 Å². The zero-order valence-electron chi connectivity index (χ0n) is 17.7. The van der Waals surface area contributed by atoms with E-state index in [1.54, 1.807) is 0 Å². The molecular formula is C21H28O8. The van der Waals surface area contributed by atoms with E-state index in [1.165, 1.54) is 20.8 Å². The average molecular weight is 408 g/mol. The van der Waals surface area contributed by atoms with Gasteiger partial charge in [0.1, 0.15) is 0 Å². The Kier molecular flexibility index (Phi) is 4.08. The lowest BCUT2D eigenvalue weighted by atomic mass is 9.52. The van der Waals surface area contributed by atoms with E-state index in [1.807, 2.05) is 19.9 Å². The highest BCUT2D eigenvalue weighted by atomic mass is 16.8. The minimum absolute atomic E-state index is 0.103. The van der Waals surface area contributed by atoms with Gasteiger partial charge in [-0.3, -0.25) is 14.4 Å². The largest absolute Gasteiger partial charge is 0.421 e. The summed E-state index contributed by atoms with van der Waals surface area (Å²) in [7, 11) is 0. The molecule has 1 saturated carbocycles. The van der Waals surface area contributed by atoms with Gasteiger partial charge in [0.2, 0.25) is 0 Å². The van der Waals surface area contributed by atoms with Crippen LogP contribution in [0.3, 0.4) is 0 Å². The SMILES string of the molecule is CC(=O)OC1(OC(C)=O)C[C@@]2(C)[C@]3(CO3)[C@]1(OC(C)=O)O[C@@H]1C=C(C)CC[C@@]12C. The maximum Gasteiger partial charge on any atom is 0.326 e. The summed E-state index contributed by atoms with van der Waals surface area (Å²) in [5.41, 5.74) is -0.984. The molecule has 4 aliphatic rings. The highest BCUT2D eigenvalue weighted by Crippen LogP contribution is 2.78. The molecule has 0 N–H and O–H groups in total. The molecule has 2 aliphatic carbocycles. The predicted molar refractivity (Wildman–Crippen MR) is 98.1 cm³/mol. The van der Waals surface area contributed by atoms with Gasteiger partial charge in [0, 0.05) is 38.0 Å². The number of rotatable bonds is 3. The van der Waals surface area contributed by atoms with Crippen LogP contribution in [0.25, 0.3) is 0 Å². The first-order valence-corrected chi connectivity index (χ1v) is 9.95. The molecule has 0 amide bonds. The summed E-state index contributed by atoms with van der Waals surface area (Å²) in [6, 6.07) is 0. The Balaban J connectivity index is 1.99. The molecule has 0 radical (unpaired) electrons. The second-order valence-corrected chi connectivity index (χ2v) is 9.24. The maximum atomic E-state index is 12.2. The fourth-order valence-electron chi connectivity index (χ4n) is 5.96. The molecule has 1 spiro atoms. The van der Waals surface area contributed by atoms with E-state index >= 15 is 0 Å². The van der Waals surface area contributed by atoms with Crippen molar-refractivity contribution < 1.29 is 38.1 Å². The van der Waals surface area contributed by atoms with Gasteiger partial charge in [0.25, 0.3) is 0 Å². The van der Waals surface area contributed by atoms with Gasteiger partial charge in [-0.1, -0.05) is 25.5 Å². The van der Waals surface area contributed by atoms with Crippen molar-refractivity contribution in [2.45, 2.75) is 84.1 Å². The smallest absolute Gasteiger partial charge is 0.326 e. The highest BCUT2D eigenvalue weighted by Gasteiger charge is 2.95. The van der Waals surface area contributed by atoms with Gasteiger partial charge in [-0.05, 0) is 19.8 Å². The second-order valence-electron chi connectivity index (χ2n) is 9.24. The van der Waals surface area contributed by atoms with E-state index < -0.39 is 52.0 Å². The predicted octanol–water partition coefficient (Wildman–Crippen LogP) is 2.39. The Morgan fingerprint density at radius 2 is 1.59 bits per heavy atom. The number of carbonyl (C=O) groups is 3. The summed E-state index contributed by atoms with van der Waals surface area (Å²) in [6.07, 6.45) is 3.40. The summed E-state index contributed by atoms with van der Waals surface area (Å²) in [4.78, 5) is 36.5. The Bertz CT molecular complexity index is 811. The van der Waals surface area contributed by atoms with Gasteiger partial charge in [0.15, 0.2) is 5.60 Å². The van der Waals surface area contributed by atoms with Gasteiger partial charge in [-0.15, -0.1) is 0 Å². The van der Waals surface area contributed by atoms with Crippen LogP contribution in [0, 0.1) is 10.8 Å². The van der Waals surface area contributed by atoms with Crippen molar-refractivity contribution in [1.29, 1.82) is 0 Å². The van der Waals surface area contributed by atoms with Crippen LogP contribution >= 0.6 is 0 Å². The lowest BCUT2D eigenvalue weighted by Gasteiger charge is -2.58. The fraction of sp³-hybridized carbons (Fsp3) is 0.762. The minimum atomic E-state index is -1.94. The molecule has 2 bridgehead atoms. The van der Waals surface area contributed by atoms with Crippen LogP contribution in [-0.4, -0.2) is 47.8 Å². The summed E-state index contributed by atoms with van der Waals surface area (Å²) in [5.74, 6) is -5.82. The quantitative estimate of drug-likeness (QED) is 0.304. The molecule has 8 nitrogen and oxygen atoms in total. The van der Waals surface area contributed by atoms with Crippen LogP contribution in [0.5, 0.6) is 0 Å². The summed E-state index contributed by atoms with van der Waals surface area (Å²) in [6.45, 7) is 10.1. The summed E-state index contributed by atoms with van der Waals surface area (Å²) in [5, 5.41) is 0. The standard InChI is InChI=1S/C21H28O8/c1-12-7-8-17(5)16(9-12)29-21(28-15(4)24)19(11-25-19)18(17,6)10-20(21,26-13(2)22)27-14(3)23/h9,16H,7-8,10-11H2,1-6H3/t16-,17+,18-,19-,21+/m1/s1. The molecule has 4 rings (SSSR count). The number of hydrogen-bond donors (Lipinski definition) is 0. The van der Waals surface area contributed by atoms with Gasteiger partial charge in [-0.25, -0.2) is 0 Å². The average Bonchev–Trinajstić information content (AvgIpc) is 3.34. The van der Waals surface area contributed by atoms with Crippen molar-refractivity contribution in [1.82, 2.24) is 0 Å². The van der Waals surface area contributed by atoms with Crippen molar-refractivity contribution >= 4 is 17.9 Å². The van der Waals surface area contributed by atoms with E-state index in [9.17, 15) is 14.4 Å². The summed E-state index contributed by atoms with van der Waals surface area (Å²) < 4.78 is 29.6. The molecular weight excluding hydrogens is 380 g/mol. The molecule has 3 fully saturated rings. The fourth-order valence-corrected chi connectivity index (χ4v) is 5.96. The van der Waals surface area contributed by atoms with Crippen molar-refractivity contribution in [3.8, 4) is 0 Å². The molecule has 29 heavy (non-hydrogen) atoms. The molecule has 160 valence electrons. The van der Waals surface area contributed by atoms with Gasteiger partial charge in [-0.2, -0.15) is 0 Å². The minimum Gasteiger partial charge on any atom is -0.421 e. The van der Waals surface area contributed by atoms with E-state index in [0.717, 1.165) is 18.4 Å². The number of ether oxygens (including phenoxy) is 5. The highest BCUT2D eigenvalue weighted by molar-refractivity contribution is 5.71. The second kappa shape index (κ2) is 5.82. The lowest BCUT2D eigenvalue weighted by Crippen LogP contribution is -2.72. The van der Waals surface area contributed by atoms with Crippen LogP contribution in [0.4, 0.5) is 0 Å². The van der Waals surface area contributed by atoms with Gasteiger partial charge in [0.05, 0.1) is 12.7 Å². The first-order chi connectivity index (χ1) is 13.4. The topological polar surface area (TPSA) is 101 Å². The Labute approximate surface area is 169 Å². The van der Waals surface area contributed by atoms with E-state index in [4.69, 9.17) is 23.7 Å². The Hall–Kier alpha value is -1.93. The molecule has 0 aromatic rings. The number of carbonyl (C=O) groups excluding carboxylic acids is 3. The molecule has 2 aliphatic heterocycles. The van der Waals surface area contributed by atoms with Crippen LogP contribution in [0.2, 0.25) is 0 Å². The first kappa shape index (κ1) is 20.3. The van der Waals surface area contributed by atoms with Crippen molar-refractivity contribution in [2.24, 2.45) is 10.8 Å². The number of hydrogen-bond acceptors (Lipinski definition) is 8. The molecule has 8 heteroatoms. The number of allylic oxidation sites excluding steroid dienone is 1. The zero-order chi connectivity index (χ0) is 21.5. The van der Waals surface area contributed by atoms with Crippen LogP contribution < -0.4 is 0 Å². The van der Waals surface area contributed by atoms with Gasteiger partial charge < -0.3 is 23.7 Å².